The van der Waals surface area contributed by atoms with Gasteiger partial charge >= 0.3 is 0 Å². The molecule has 0 spiro atoms. The number of hydrogen-bond acceptors (Lipinski definition) is 4. The molecule has 1 heterocycles. The van der Waals surface area contributed by atoms with Gasteiger partial charge in [0, 0.05) is 26.7 Å². The second-order valence-corrected chi connectivity index (χ2v) is 8.74. The highest BCUT2D eigenvalue weighted by atomic mass is 16.5. The van der Waals surface area contributed by atoms with Gasteiger partial charge in [-0.3, -0.25) is 9.89 Å². The SMILES string of the molecule is CN=C(NCC(c1ccc(OC)cc1)N1CCCC1)NCC(C)(C)CN(C)C. The molecule has 1 fully saturated rings. The Morgan fingerprint density at radius 2 is 1.82 bits per heavy atom. The summed E-state index contributed by atoms with van der Waals surface area (Å²) in [4.78, 5) is 9.23. The Morgan fingerprint density at radius 1 is 1.18 bits per heavy atom. The number of rotatable bonds is 9. The standard InChI is InChI=1S/C22H39N5O/c1-22(2,17-26(4)5)16-25-21(23-3)24-15-20(27-13-7-8-14-27)18-9-11-19(28-6)12-10-18/h9-12,20H,7-8,13-17H2,1-6H3,(H2,23,24,25). The van der Waals surface area contributed by atoms with E-state index in [1.807, 2.05) is 7.05 Å². The molecule has 6 heteroatoms. The molecule has 6 nitrogen and oxygen atoms in total. The van der Waals surface area contributed by atoms with Crippen molar-refractivity contribution < 1.29 is 4.74 Å². The highest BCUT2D eigenvalue weighted by Crippen LogP contribution is 2.26. The van der Waals surface area contributed by atoms with Crippen LogP contribution in [0.3, 0.4) is 0 Å². The van der Waals surface area contributed by atoms with Crippen molar-refractivity contribution in [3.8, 4) is 5.75 Å². The van der Waals surface area contributed by atoms with Gasteiger partial charge in [0.25, 0.3) is 0 Å². The minimum Gasteiger partial charge on any atom is -0.497 e. The lowest BCUT2D eigenvalue weighted by atomic mass is 9.93. The van der Waals surface area contributed by atoms with Gasteiger partial charge in [-0.1, -0.05) is 26.0 Å². The summed E-state index contributed by atoms with van der Waals surface area (Å²) in [6.45, 7) is 9.59. The van der Waals surface area contributed by atoms with Gasteiger partial charge in [-0.25, -0.2) is 0 Å². The van der Waals surface area contributed by atoms with E-state index in [2.05, 4.69) is 77.6 Å². The van der Waals surface area contributed by atoms with Crippen LogP contribution in [-0.2, 0) is 0 Å². The van der Waals surface area contributed by atoms with Crippen LogP contribution in [0, 0.1) is 5.41 Å². The number of nitrogens with one attached hydrogen (secondary N) is 2. The Labute approximate surface area is 171 Å². The van der Waals surface area contributed by atoms with Crippen LogP contribution < -0.4 is 15.4 Å². The summed E-state index contributed by atoms with van der Waals surface area (Å²) < 4.78 is 5.32. The normalized spacial score (nSPS) is 17.0. The number of guanidine groups is 1. The van der Waals surface area contributed by atoms with Crippen LogP contribution in [0.25, 0.3) is 0 Å². The van der Waals surface area contributed by atoms with Crippen molar-refractivity contribution in [3.05, 3.63) is 29.8 Å². The van der Waals surface area contributed by atoms with Crippen molar-refractivity contribution in [3.63, 3.8) is 0 Å². The second kappa shape index (κ2) is 10.7. The minimum absolute atomic E-state index is 0.172. The van der Waals surface area contributed by atoms with Crippen LogP contribution in [0.5, 0.6) is 5.75 Å². The van der Waals surface area contributed by atoms with Gasteiger partial charge < -0.3 is 20.3 Å². The quantitative estimate of drug-likeness (QED) is 0.502. The molecule has 158 valence electrons. The van der Waals surface area contributed by atoms with E-state index in [0.717, 1.165) is 44.4 Å². The van der Waals surface area contributed by atoms with Crippen LogP contribution in [0.2, 0.25) is 0 Å². The Bertz CT molecular complexity index is 606. The Morgan fingerprint density at radius 3 is 2.36 bits per heavy atom. The third-order valence-electron chi connectivity index (χ3n) is 5.25. The summed E-state index contributed by atoms with van der Waals surface area (Å²) in [7, 11) is 7.78. The van der Waals surface area contributed by atoms with Gasteiger partial charge in [0.15, 0.2) is 5.96 Å². The number of methoxy groups -OCH3 is 1. The summed E-state index contributed by atoms with van der Waals surface area (Å²) in [5, 5.41) is 7.06. The van der Waals surface area contributed by atoms with E-state index in [9.17, 15) is 0 Å². The van der Waals surface area contributed by atoms with E-state index >= 15 is 0 Å². The first-order valence-electron chi connectivity index (χ1n) is 10.3. The molecule has 0 radical (unpaired) electrons. The number of likely N-dealkylation sites (tertiary alicyclic amines) is 1. The molecule has 0 bridgehead atoms. The van der Waals surface area contributed by atoms with Crippen LogP contribution in [0.4, 0.5) is 0 Å². The zero-order valence-corrected chi connectivity index (χ0v) is 18.6. The predicted octanol–water partition coefficient (Wildman–Crippen LogP) is 2.58. The van der Waals surface area contributed by atoms with Gasteiger partial charge in [0.1, 0.15) is 5.75 Å². The molecule has 0 saturated carbocycles. The topological polar surface area (TPSA) is 52.1 Å². The fraction of sp³-hybridized carbons (Fsp3) is 0.682. The first kappa shape index (κ1) is 22.5. The highest BCUT2D eigenvalue weighted by Gasteiger charge is 2.24. The average Bonchev–Trinajstić information content (AvgIpc) is 3.18. The molecule has 0 aromatic heterocycles. The summed E-state index contributed by atoms with van der Waals surface area (Å²) in [5.74, 6) is 1.77. The molecule has 1 unspecified atom stereocenters. The average molecular weight is 390 g/mol. The van der Waals surface area contributed by atoms with Gasteiger partial charge in [-0.15, -0.1) is 0 Å². The van der Waals surface area contributed by atoms with Crippen molar-refractivity contribution >= 4 is 5.96 Å². The molecular formula is C22H39N5O. The van der Waals surface area contributed by atoms with Gasteiger partial charge in [-0.2, -0.15) is 0 Å². The Hall–Kier alpha value is -1.79. The lowest BCUT2D eigenvalue weighted by Gasteiger charge is -2.31. The second-order valence-electron chi connectivity index (χ2n) is 8.74. The van der Waals surface area contributed by atoms with Gasteiger partial charge in [0.2, 0.25) is 0 Å². The first-order valence-corrected chi connectivity index (χ1v) is 10.3. The molecule has 2 N–H and O–H groups in total. The van der Waals surface area contributed by atoms with Crippen molar-refractivity contribution in [2.24, 2.45) is 10.4 Å². The van der Waals surface area contributed by atoms with Gasteiger partial charge in [-0.05, 0) is 63.1 Å². The Kier molecular flexibility index (Phi) is 8.58. The van der Waals surface area contributed by atoms with E-state index in [-0.39, 0.29) is 5.41 Å². The largest absolute Gasteiger partial charge is 0.497 e. The molecule has 28 heavy (non-hydrogen) atoms. The third-order valence-corrected chi connectivity index (χ3v) is 5.25. The monoisotopic (exact) mass is 389 g/mol. The number of hydrogen-bond donors (Lipinski definition) is 2. The molecule has 1 aromatic rings. The molecule has 1 saturated heterocycles. The number of ether oxygens (including phenoxy) is 1. The maximum absolute atomic E-state index is 5.32. The van der Waals surface area contributed by atoms with Crippen molar-refractivity contribution in [1.82, 2.24) is 20.4 Å². The number of benzene rings is 1. The zero-order valence-electron chi connectivity index (χ0n) is 18.6. The molecular weight excluding hydrogens is 350 g/mol. The number of aliphatic imine (C=N–C) groups is 1. The predicted molar refractivity (Wildman–Crippen MR) is 118 cm³/mol. The van der Waals surface area contributed by atoms with E-state index in [0.29, 0.717) is 6.04 Å². The van der Waals surface area contributed by atoms with Crippen molar-refractivity contribution in [1.29, 1.82) is 0 Å². The maximum Gasteiger partial charge on any atom is 0.191 e. The van der Waals surface area contributed by atoms with Gasteiger partial charge in [0.05, 0.1) is 13.2 Å². The summed E-state index contributed by atoms with van der Waals surface area (Å²) in [6, 6.07) is 8.80. The minimum atomic E-state index is 0.172. The van der Waals surface area contributed by atoms with Crippen LogP contribution >= 0.6 is 0 Å². The third kappa shape index (κ3) is 6.99. The zero-order chi connectivity index (χ0) is 20.6. The fourth-order valence-electron chi connectivity index (χ4n) is 3.99. The number of nitrogens with zero attached hydrogens (tertiary/aromatic N) is 3. The molecule has 1 aliphatic rings. The smallest absolute Gasteiger partial charge is 0.191 e. The molecule has 1 atom stereocenters. The van der Waals surface area contributed by atoms with Crippen molar-refractivity contribution in [2.45, 2.75) is 32.7 Å². The highest BCUT2D eigenvalue weighted by molar-refractivity contribution is 5.79. The van der Waals surface area contributed by atoms with Crippen molar-refractivity contribution in [2.75, 3.05) is 61.0 Å². The fourth-order valence-corrected chi connectivity index (χ4v) is 3.99. The summed E-state index contributed by atoms with van der Waals surface area (Å²) in [6.07, 6.45) is 2.55. The molecule has 2 rings (SSSR count). The van der Waals surface area contributed by atoms with Crippen LogP contribution in [-0.4, -0.2) is 76.7 Å². The summed E-state index contributed by atoms with van der Waals surface area (Å²) >= 11 is 0. The van der Waals surface area contributed by atoms with Crippen LogP contribution in [0.15, 0.2) is 29.3 Å². The summed E-state index contributed by atoms with van der Waals surface area (Å²) in [5.41, 5.74) is 1.49. The van der Waals surface area contributed by atoms with E-state index < -0.39 is 0 Å². The lowest BCUT2D eigenvalue weighted by molar-refractivity contribution is 0.237. The van der Waals surface area contributed by atoms with E-state index in [4.69, 9.17) is 4.74 Å². The Balaban J connectivity index is 1.98. The van der Waals surface area contributed by atoms with E-state index in [1.165, 1.54) is 18.4 Å². The first-order chi connectivity index (χ1) is 13.3. The molecule has 1 aromatic carbocycles. The molecule has 0 amide bonds. The lowest BCUT2D eigenvalue weighted by Crippen LogP contribution is -2.47. The van der Waals surface area contributed by atoms with Crippen LogP contribution in [0.1, 0.15) is 38.3 Å². The molecule has 0 aliphatic carbocycles. The maximum atomic E-state index is 5.32. The van der Waals surface area contributed by atoms with E-state index in [1.54, 1.807) is 7.11 Å². The molecule has 1 aliphatic heterocycles.